The van der Waals surface area contributed by atoms with Crippen LogP contribution in [0.4, 0.5) is 4.39 Å². The van der Waals surface area contributed by atoms with Crippen LogP contribution >= 0.6 is 15.9 Å². The van der Waals surface area contributed by atoms with Gasteiger partial charge in [-0.2, -0.15) is 0 Å². The maximum absolute atomic E-state index is 13.5. The Morgan fingerprint density at radius 2 is 1.97 bits per heavy atom. The van der Waals surface area contributed by atoms with Crippen LogP contribution in [0.2, 0.25) is 0 Å². The lowest BCUT2D eigenvalue weighted by Gasteiger charge is -2.11. The lowest BCUT2D eigenvalue weighted by atomic mass is 9.99. The number of fused-ring (bicyclic) bond motifs is 5. The minimum Gasteiger partial charge on any atom is -0.465 e. The maximum Gasteiger partial charge on any atom is 0.340 e. The first-order chi connectivity index (χ1) is 14.5. The van der Waals surface area contributed by atoms with Gasteiger partial charge in [0.1, 0.15) is 11.5 Å². The summed E-state index contributed by atoms with van der Waals surface area (Å²) >= 11 is 3.54. The molecule has 0 saturated heterocycles. The van der Waals surface area contributed by atoms with Crippen LogP contribution in [0, 0.1) is 12.7 Å². The second-order valence-electron chi connectivity index (χ2n) is 7.07. The molecule has 0 aliphatic carbocycles. The first kappa shape index (κ1) is 18.7. The molecule has 150 valence electrons. The Morgan fingerprint density at radius 3 is 2.70 bits per heavy atom. The molecule has 0 spiro atoms. The number of methoxy groups -OCH3 is 1. The van der Waals surface area contributed by atoms with E-state index in [2.05, 4.69) is 30.8 Å². The van der Waals surface area contributed by atoms with Crippen molar-refractivity contribution >= 4 is 21.9 Å². The van der Waals surface area contributed by atoms with E-state index >= 15 is 0 Å². The van der Waals surface area contributed by atoms with Gasteiger partial charge in [-0.3, -0.25) is 0 Å². The molecule has 1 aliphatic rings. The Kier molecular flexibility index (Phi) is 4.32. The molecule has 0 bridgehead atoms. The van der Waals surface area contributed by atoms with Crippen LogP contribution in [0.25, 0.3) is 28.2 Å². The molecule has 2 aromatic carbocycles. The first-order valence-corrected chi connectivity index (χ1v) is 10.1. The zero-order valence-corrected chi connectivity index (χ0v) is 17.8. The molecule has 4 aromatic rings. The van der Waals surface area contributed by atoms with Gasteiger partial charge in [-0.1, -0.05) is 33.3 Å². The topological polar surface area (TPSA) is 61.9 Å². The highest BCUT2D eigenvalue weighted by Crippen LogP contribution is 2.41. The highest BCUT2D eigenvalue weighted by atomic mass is 79.9. The summed E-state index contributed by atoms with van der Waals surface area (Å²) in [5.74, 6) is -0.802. The lowest BCUT2D eigenvalue weighted by Crippen LogP contribution is -2.07. The molecule has 1 aliphatic heterocycles. The quantitative estimate of drug-likeness (QED) is 0.352. The molecule has 0 radical (unpaired) electrons. The van der Waals surface area contributed by atoms with Crippen molar-refractivity contribution < 1.29 is 13.9 Å². The maximum atomic E-state index is 13.5. The third-order valence-corrected chi connectivity index (χ3v) is 5.93. The molecule has 0 fully saturated rings. The van der Waals surface area contributed by atoms with E-state index in [0.29, 0.717) is 29.1 Å². The average molecular weight is 467 g/mol. The Balaban J connectivity index is 1.88. The number of esters is 1. The number of rotatable bonds is 2. The minimum absolute atomic E-state index is 0.335. The van der Waals surface area contributed by atoms with Crippen molar-refractivity contribution in [1.82, 2.24) is 19.6 Å². The van der Waals surface area contributed by atoms with Crippen molar-refractivity contribution in [1.29, 1.82) is 0 Å². The molecular weight excluding hydrogens is 451 g/mol. The van der Waals surface area contributed by atoms with E-state index in [1.54, 1.807) is 23.0 Å². The van der Waals surface area contributed by atoms with Crippen molar-refractivity contribution in [3.8, 4) is 28.2 Å². The van der Waals surface area contributed by atoms with E-state index in [4.69, 9.17) is 4.74 Å². The number of halogens is 2. The van der Waals surface area contributed by atoms with Crippen LogP contribution < -0.4 is 0 Å². The number of carbonyl (C=O) groups excluding carboxylic acids is 1. The van der Waals surface area contributed by atoms with Gasteiger partial charge in [0.25, 0.3) is 0 Å². The van der Waals surface area contributed by atoms with Gasteiger partial charge in [0.05, 0.1) is 36.8 Å². The molecule has 0 saturated carbocycles. The van der Waals surface area contributed by atoms with Gasteiger partial charge in [0.15, 0.2) is 0 Å². The fourth-order valence-electron chi connectivity index (χ4n) is 4.10. The lowest BCUT2D eigenvalue weighted by molar-refractivity contribution is 0.0602. The van der Waals surface area contributed by atoms with Gasteiger partial charge in [-0.05, 0) is 48.4 Å². The van der Waals surface area contributed by atoms with Gasteiger partial charge in [-0.15, -0.1) is 5.10 Å². The van der Waals surface area contributed by atoms with Crippen molar-refractivity contribution in [2.45, 2.75) is 13.5 Å². The van der Waals surface area contributed by atoms with E-state index in [9.17, 15) is 9.18 Å². The largest absolute Gasteiger partial charge is 0.465 e. The Hall–Kier alpha value is -3.26. The van der Waals surface area contributed by atoms with E-state index in [-0.39, 0.29) is 5.82 Å². The number of nitrogens with zero attached hydrogens (tertiary/aromatic N) is 4. The van der Waals surface area contributed by atoms with Crippen LogP contribution in [-0.4, -0.2) is 32.6 Å². The molecule has 0 amide bonds. The highest BCUT2D eigenvalue weighted by molar-refractivity contribution is 9.10. The summed E-state index contributed by atoms with van der Waals surface area (Å²) in [6.45, 7) is 2.48. The average Bonchev–Trinajstić information content (AvgIpc) is 3.28. The summed E-state index contributed by atoms with van der Waals surface area (Å²) in [4.78, 5) is 13.0. The predicted octanol–water partition coefficient (Wildman–Crippen LogP) is 4.76. The van der Waals surface area contributed by atoms with Crippen LogP contribution in [0.5, 0.6) is 0 Å². The molecular formula is C22H16BrFN4O2. The van der Waals surface area contributed by atoms with Crippen LogP contribution in [-0.2, 0) is 11.3 Å². The summed E-state index contributed by atoms with van der Waals surface area (Å²) in [6, 6.07) is 12.1. The summed E-state index contributed by atoms with van der Waals surface area (Å²) < 4.78 is 23.4. The second-order valence-corrected chi connectivity index (χ2v) is 7.99. The summed E-state index contributed by atoms with van der Waals surface area (Å²) in [5.41, 5.74) is 6.02. The second kappa shape index (κ2) is 6.91. The van der Waals surface area contributed by atoms with Gasteiger partial charge in [0, 0.05) is 15.7 Å². The molecule has 6 nitrogen and oxygen atoms in total. The monoisotopic (exact) mass is 466 g/mol. The summed E-state index contributed by atoms with van der Waals surface area (Å²) in [6.07, 6.45) is 1.64. The molecule has 3 heterocycles. The molecule has 0 N–H and O–H groups in total. The Morgan fingerprint density at radius 1 is 1.20 bits per heavy atom. The number of ether oxygens (including phenoxy) is 1. The molecule has 30 heavy (non-hydrogen) atoms. The molecule has 5 rings (SSSR count). The molecule has 8 heteroatoms. The van der Waals surface area contributed by atoms with E-state index in [1.807, 2.05) is 25.1 Å². The first-order valence-electron chi connectivity index (χ1n) is 9.26. The molecule has 2 aromatic heterocycles. The van der Waals surface area contributed by atoms with Gasteiger partial charge < -0.3 is 9.30 Å². The van der Waals surface area contributed by atoms with E-state index in [0.717, 1.165) is 27.0 Å². The summed E-state index contributed by atoms with van der Waals surface area (Å²) in [7, 11) is 1.36. The van der Waals surface area contributed by atoms with Gasteiger partial charge in [-0.25, -0.2) is 13.9 Å². The van der Waals surface area contributed by atoms with Crippen LogP contribution in [0.3, 0.4) is 0 Å². The van der Waals surface area contributed by atoms with Crippen molar-refractivity contribution in [3.63, 3.8) is 0 Å². The number of benzene rings is 2. The minimum atomic E-state index is -0.467. The fourth-order valence-corrected chi connectivity index (χ4v) is 4.51. The standard InChI is InChI=1S/C22H16BrFN4O2/c1-12-19(13-3-6-16(24)7-4-13)20(22(29)30-2)21-18-10-25-26-28(18)17-8-5-15(23)9-14(17)11-27(12)21/h3-10H,11H2,1-2H3. The van der Waals surface area contributed by atoms with Gasteiger partial charge in [0.2, 0.25) is 0 Å². The van der Waals surface area contributed by atoms with Gasteiger partial charge >= 0.3 is 5.97 Å². The van der Waals surface area contributed by atoms with E-state index in [1.165, 1.54) is 19.2 Å². The Labute approximate surface area is 180 Å². The van der Waals surface area contributed by atoms with Crippen LogP contribution in [0.15, 0.2) is 53.1 Å². The van der Waals surface area contributed by atoms with Crippen molar-refractivity contribution in [3.05, 3.63) is 75.8 Å². The number of aromatic nitrogens is 4. The van der Waals surface area contributed by atoms with Crippen molar-refractivity contribution in [2.75, 3.05) is 7.11 Å². The number of hydrogen-bond acceptors (Lipinski definition) is 4. The zero-order chi connectivity index (χ0) is 21.0. The van der Waals surface area contributed by atoms with Crippen LogP contribution in [0.1, 0.15) is 21.6 Å². The van der Waals surface area contributed by atoms with Crippen molar-refractivity contribution in [2.24, 2.45) is 0 Å². The summed E-state index contributed by atoms with van der Waals surface area (Å²) in [5, 5.41) is 8.37. The fraction of sp³-hybridized carbons (Fsp3) is 0.136. The Bertz CT molecular complexity index is 1310. The number of carbonyl (C=O) groups is 1. The normalized spacial score (nSPS) is 12.0. The SMILES string of the molecule is COC(=O)c1c(-c2ccc(F)cc2)c(C)n2c1-c1cnnn1-c1ccc(Br)cc1C2. The highest BCUT2D eigenvalue weighted by Gasteiger charge is 2.32. The van der Waals surface area contributed by atoms with E-state index < -0.39 is 5.97 Å². The predicted molar refractivity (Wildman–Crippen MR) is 113 cm³/mol. The molecule has 0 atom stereocenters. The molecule has 0 unspecified atom stereocenters. The smallest absolute Gasteiger partial charge is 0.340 e. The number of hydrogen-bond donors (Lipinski definition) is 0. The third-order valence-electron chi connectivity index (χ3n) is 5.44. The zero-order valence-electron chi connectivity index (χ0n) is 16.2. The third kappa shape index (κ3) is 2.71.